The number of aryl methyl sites for hydroxylation is 1. The van der Waals surface area contributed by atoms with Gasteiger partial charge < -0.3 is 15.5 Å². The predicted octanol–water partition coefficient (Wildman–Crippen LogP) is 4.62. The van der Waals surface area contributed by atoms with E-state index >= 15 is 0 Å². The third-order valence-electron chi connectivity index (χ3n) is 5.99. The van der Waals surface area contributed by atoms with Crippen LogP contribution in [0.1, 0.15) is 41.3 Å². The van der Waals surface area contributed by atoms with Gasteiger partial charge in [-0.05, 0) is 74.7 Å². The van der Waals surface area contributed by atoms with E-state index in [9.17, 15) is 13.6 Å². The van der Waals surface area contributed by atoms with Crippen molar-refractivity contribution in [1.82, 2.24) is 9.88 Å². The molecule has 0 spiro atoms. The lowest BCUT2D eigenvalue weighted by Crippen LogP contribution is -2.44. The number of amides is 1. The number of carbonyl (C=O) groups is 1. The van der Waals surface area contributed by atoms with Gasteiger partial charge in [0.1, 0.15) is 12.4 Å². The molecule has 1 amide bonds. The first-order valence-electron chi connectivity index (χ1n) is 10.7. The van der Waals surface area contributed by atoms with Crippen LogP contribution < -0.4 is 10.5 Å². The molecule has 3 N–H and O–H groups in total. The van der Waals surface area contributed by atoms with Crippen molar-refractivity contribution in [3.05, 3.63) is 64.9 Å². The molecule has 0 saturated carbocycles. The van der Waals surface area contributed by atoms with Crippen LogP contribution in [-0.4, -0.2) is 41.5 Å². The highest BCUT2D eigenvalue weighted by molar-refractivity contribution is 5.95. The molecule has 0 saturated heterocycles. The number of H-pyrrole nitrogens is 1. The third-order valence-corrected chi connectivity index (χ3v) is 5.99. The molecule has 0 radical (unpaired) electrons. The fourth-order valence-corrected chi connectivity index (χ4v) is 4.49. The number of hydrogen-bond donors (Lipinski definition) is 2. The number of nitrogens with two attached hydrogens (primary N) is 1. The Morgan fingerprint density at radius 3 is 2.81 bits per heavy atom. The average molecular weight is 464 g/mol. The van der Waals surface area contributed by atoms with E-state index in [-0.39, 0.29) is 30.0 Å². The Morgan fingerprint density at radius 1 is 1.25 bits per heavy atom. The van der Waals surface area contributed by atoms with Gasteiger partial charge in [0.15, 0.2) is 11.6 Å². The van der Waals surface area contributed by atoms with Gasteiger partial charge in [-0.1, -0.05) is 6.92 Å². The number of nitrogens with one attached hydrogen (secondary N) is 1. The molecule has 32 heavy (non-hydrogen) atoms. The number of fused-ring (bicyclic) bond motifs is 2. The Kier molecular flexibility index (Phi) is 7.74. The molecule has 4 rings (SSSR count). The zero-order valence-corrected chi connectivity index (χ0v) is 18.8. The number of aromatic nitrogens is 1. The van der Waals surface area contributed by atoms with Crippen LogP contribution in [0.15, 0.2) is 36.5 Å². The maximum absolute atomic E-state index is 14.2. The molecule has 172 valence electrons. The number of hydrogen-bond acceptors (Lipinski definition) is 3. The zero-order valence-electron chi connectivity index (χ0n) is 18.0. The van der Waals surface area contributed by atoms with Gasteiger partial charge in [-0.15, -0.1) is 12.4 Å². The van der Waals surface area contributed by atoms with E-state index < -0.39 is 11.7 Å². The smallest absolute Gasteiger partial charge is 0.249 e. The van der Waals surface area contributed by atoms with Crippen molar-refractivity contribution in [2.45, 2.75) is 38.6 Å². The van der Waals surface area contributed by atoms with Gasteiger partial charge in [-0.25, -0.2) is 8.78 Å². The summed E-state index contributed by atoms with van der Waals surface area (Å²) < 4.78 is 33.6. The van der Waals surface area contributed by atoms with E-state index in [2.05, 4.69) is 16.8 Å². The highest BCUT2D eigenvalue weighted by Gasteiger charge is 2.30. The fourth-order valence-electron chi connectivity index (χ4n) is 4.49. The number of nitrogens with zero attached hydrogens (tertiary/aromatic N) is 1. The lowest BCUT2D eigenvalue weighted by molar-refractivity contribution is 0.0984. The second-order valence-corrected chi connectivity index (χ2v) is 8.08. The Balaban J connectivity index is 0.00000289. The standard InChI is InChI=1S/C24H27F2N3O2.ClH/c1-2-9-29(10-3-4-15-13-28-22-8-5-16(25)11-19(15)22)17-12-20-18(24(27)30)6-7-21(26)23(20)31-14-17;/h5-8,11,13,17,28H,2-4,9-10,12,14H2,1H3,(H2,27,30);1H/t17-;/m0./s1. The first-order chi connectivity index (χ1) is 15.0. The minimum atomic E-state index is -0.575. The Hall–Kier alpha value is -2.64. The van der Waals surface area contributed by atoms with Crippen LogP contribution in [0.5, 0.6) is 5.75 Å². The molecule has 5 nitrogen and oxygen atoms in total. The largest absolute Gasteiger partial charge is 0.489 e. The van der Waals surface area contributed by atoms with E-state index in [0.717, 1.165) is 48.8 Å². The quantitative estimate of drug-likeness (QED) is 0.512. The monoisotopic (exact) mass is 463 g/mol. The summed E-state index contributed by atoms with van der Waals surface area (Å²) in [5, 5.41) is 0.915. The van der Waals surface area contributed by atoms with Crippen molar-refractivity contribution in [3.8, 4) is 5.75 Å². The molecular formula is C24H28ClF2N3O2. The number of primary amides is 1. The molecule has 2 aromatic carbocycles. The van der Waals surface area contributed by atoms with Crippen LogP contribution in [0.25, 0.3) is 10.9 Å². The lowest BCUT2D eigenvalue weighted by atomic mass is 9.95. The van der Waals surface area contributed by atoms with Crippen molar-refractivity contribution in [3.63, 3.8) is 0 Å². The van der Waals surface area contributed by atoms with Gasteiger partial charge in [0, 0.05) is 34.3 Å². The van der Waals surface area contributed by atoms with Crippen LogP contribution >= 0.6 is 12.4 Å². The molecule has 1 aliphatic heterocycles. The van der Waals surface area contributed by atoms with Crippen molar-refractivity contribution in [2.75, 3.05) is 19.7 Å². The molecule has 1 atom stereocenters. The van der Waals surface area contributed by atoms with Gasteiger partial charge in [-0.3, -0.25) is 9.69 Å². The number of carbonyl (C=O) groups excluding carboxylic acids is 1. The van der Waals surface area contributed by atoms with Gasteiger partial charge in [-0.2, -0.15) is 0 Å². The summed E-state index contributed by atoms with van der Waals surface area (Å²) in [5.41, 5.74) is 8.39. The van der Waals surface area contributed by atoms with Crippen molar-refractivity contribution >= 4 is 29.2 Å². The summed E-state index contributed by atoms with van der Waals surface area (Å²) in [6, 6.07) is 7.47. The van der Waals surface area contributed by atoms with Gasteiger partial charge >= 0.3 is 0 Å². The predicted molar refractivity (Wildman–Crippen MR) is 124 cm³/mol. The molecule has 1 aliphatic rings. The average Bonchev–Trinajstić information content (AvgIpc) is 3.15. The first-order valence-corrected chi connectivity index (χ1v) is 10.7. The van der Waals surface area contributed by atoms with E-state index in [1.165, 1.54) is 18.2 Å². The Morgan fingerprint density at radius 2 is 2.06 bits per heavy atom. The lowest BCUT2D eigenvalue weighted by Gasteiger charge is -2.35. The van der Waals surface area contributed by atoms with Crippen molar-refractivity contribution < 1.29 is 18.3 Å². The molecule has 0 aliphatic carbocycles. The summed E-state index contributed by atoms with van der Waals surface area (Å²) in [6.45, 7) is 4.17. The second kappa shape index (κ2) is 10.3. The first kappa shape index (κ1) is 24.0. The summed E-state index contributed by atoms with van der Waals surface area (Å²) in [4.78, 5) is 17.3. The van der Waals surface area contributed by atoms with E-state index in [1.54, 1.807) is 12.1 Å². The minimum Gasteiger partial charge on any atom is -0.489 e. The van der Waals surface area contributed by atoms with Crippen LogP contribution in [-0.2, 0) is 12.8 Å². The molecule has 0 unspecified atom stereocenters. The summed E-state index contributed by atoms with van der Waals surface area (Å²) in [6.07, 6.45) is 5.13. The molecular weight excluding hydrogens is 436 g/mol. The highest BCUT2D eigenvalue weighted by Crippen LogP contribution is 2.32. The van der Waals surface area contributed by atoms with Gasteiger partial charge in [0.25, 0.3) is 0 Å². The van der Waals surface area contributed by atoms with E-state index in [1.807, 2.05) is 6.20 Å². The van der Waals surface area contributed by atoms with Crippen molar-refractivity contribution in [2.24, 2.45) is 5.73 Å². The number of halogens is 3. The second-order valence-electron chi connectivity index (χ2n) is 8.08. The normalized spacial score (nSPS) is 15.3. The molecule has 0 fully saturated rings. The van der Waals surface area contributed by atoms with E-state index in [4.69, 9.17) is 10.5 Å². The molecule has 0 bridgehead atoms. The van der Waals surface area contributed by atoms with Gasteiger partial charge in [0.05, 0.1) is 0 Å². The number of aromatic amines is 1. The van der Waals surface area contributed by atoms with Crippen LogP contribution in [0, 0.1) is 11.6 Å². The number of benzene rings is 2. The van der Waals surface area contributed by atoms with E-state index in [0.29, 0.717) is 24.2 Å². The van der Waals surface area contributed by atoms with Crippen molar-refractivity contribution in [1.29, 1.82) is 0 Å². The molecule has 1 aromatic heterocycles. The summed E-state index contributed by atoms with van der Waals surface area (Å²) in [5.74, 6) is -1.14. The zero-order chi connectivity index (χ0) is 22.0. The molecule has 8 heteroatoms. The topological polar surface area (TPSA) is 71.3 Å². The maximum Gasteiger partial charge on any atom is 0.249 e. The minimum absolute atomic E-state index is 0. The Labute approximate surface area is 192 Å². The van der Waals surface area contributed by atoms with Gasteiger partial charge in [0.2, 0.25) is 5.91 Å². The molecule has 2 heterocycles. The third kappa shape index (κ3) is 4.89. The van der Waals surface area contributed by atoms with Crippen LogP contribution in [0.3, 0.4) is 0 Å². The Bertz CT molecular complexity index is 1100. The van der Waals surface area contributed by atoms with Crippen LogP contribution in [0.2, 0.25) is 0 Å². The summed E-state index contributed by atoms with van der Waals surface area (Å²) in [7, 11) is 0. The van der Waals surface area contributed by atoms with Crippen LogP contribution in [0.4, 0.5) is 8.78 Å². The fraction of sp³-hybridized carbons (Fsp3) is 0.375. The SMILES string of the molecule is CCCN(CCCc1c[nH]c2ccc(F)cc12)[C@@H]1COc2c(F)ccc(C(N)=O)c2C1.Cl. The molecule has 3 aromatic rings. The maximum atomic E-state index is 14.2. The number of rotatable bonds is 8. The summed E-state index contributed by atoms with van der Waals surface area (Å²) >= 11 is 0. The highest BCUT2D eigenvalue weighted by atomic mass is 35.5. The number of ether oxygens (including phenoxy) is 1.